The molecule has 0 saturated heterocycles. The highest BCUT2D eigenvalue weighted by Crippen LogP contribution is 2.34. The third-order valence-electron chi connectivity index (χ3n) is 6.90. The minimum absolute atomic E-state index is 0.108. The summed E-state index contributed by atoms with van der Waals surface area (Å²) in [5.74, 6) is 0.549. The minimum Gasteiger partial charge on any atom is -0.489 e. The maximum absolute atomic E-state index is 12.6. The molecule has 0 atom stereocenters. The van der Waals surface area contributed by atoms with E-state index in [1.807, 2.05) is 84.9 Å². The standard InChI is InChI=1S/C37H35N3O2/c1-37(2,3)31-20-24-35(25-21-31)42-27-29-14-18-30(19-15-29)36(41)39-38-26-28-16-22-34(23-17-28)40(32-10-6-4-7-11-32)33-12-8-5-9-13-33/h4-26H,27H2,1-3H3,(H,39,41)/b38-26-. The molecule has 0 saturated carbocycles. The summed E-state index contributed by atoms with van der Waals surface area (Å²) < 4.78 is 5.92. The van der Waals surface area contributed by atoms with Crippen LogP contribution in [0.5, 0.6) is 5.75 Å². The average Bonchev–Trinajstić information content (AvgIpc) is 3.02. The third kappa shape index (κ3) is 7.32. The van der Waals surface area contributed by atoms with Crippen molar-refractivity contribution in [1.82, 2.24) is 5.43 Å². The van der Waals surface area contributed by atoms with Gasteiger partial charge in [0.15, 0.2) is 0 Å². The van der Waals surface area contributed by atoms with Gasteiger partial charge in [-0.05, 0) is 82.8 Å². The van der Waals surface area contributed by atoms with Crippen LogP contribution in [0.2, 0.25) is 0 Å². The summed E-state index contributed by atoms with van der Waals surface area (Å²) >= 11 is 0. The number of nitrogens with zero attached hydrogens (tertiary/aromatic N) is 2. The molecule has 0 aliphatic heterocycles. The summed E-state index contributed by atoms with van der Waals surface area (Å²) in [6.07, 6.45) is 1.64. The Labute approximate surface area is 248 Å². The van der Waals surface area contributed by atoms with E-state index in [2.05, 4.69) is 72.6 Å². The quantitative estimate of drug-likeness (QED) is 0.147. The summed E-state index contributed by atoms with van der Waals surface area (Å²) in [4.78, 5) is 14.8. The Hall–Kier alpha value is -5.16. The fourth-order valence-corrected chi connectivity index (χ4v) is 4.51. The molecular formula is C37H35N3O2. The molecule has 0 aliphatic rings. The first kappa shape index (κ1) is 28.4. The van der Waals surface area contributed by atoms with E-state index in [-0.39, 0.29) is 11.3 Å². The van der Waals surface area contributed by atoms with E-state index in [0.29, 0.717) is 12.2 Å². The van der Waals surface area contributed by atoms with Crippen LogP contribution in [0.15, 0.2) is 139 Å². The van der Waals surface area contributed by atoms with E-state index >= 15 is 0 Å². The fourth-order valence-electron chi connectivity index (χ4n) is 4.51. The zero-order valence-corrected chi connectivity index (χ0v) is 24.2. The van der Waals surface area contributed by atoms with Crippen molar-refractivity contribution in [2.75, 3.05) is 4.90 Å². The van der Waals surface area contributed by atoms with E-state index in [0.717, 1.165) is 33.9 Å². The normalized spacial score (nSPS) is 11.3. The molecule has 0 fully saturated rings. The number of carbonyl (C=O) groups excluding carboxylic acids is 1. The second-order valence-electron chi connectivity index (χ2n) is 11.1. The number of anilines is 3. The summed E-state index contributed by atoms with van der Waals surface area (Å²) in [5.41, 5.74) is 9.56. The van der Waals surface area contributed by atoms with Crippen molar-refractivity contribution >= 4 is 29.2 Å². The molecule has 42 heavy (non-hydrogen) atoms. The number of para-hydroxylation sites is 2. The number of benzene rings is 5. The van der Waals surface area contributed by atoms with Crippen LogP contribution >= 0.6 is 0 Å². The molecular weight excluding hydrogens is 518 g/mol. The molecule has 0 radical (unpaired) electrons. The Morgan fingerprint density at radius 3 is 1.81 bits per heavy atom. The van der Waals surface area contributed by atoms with Crippen LogP contribution in [-0.2, 0) is 12.0 Å². The molecule has 0 bridgehead atoms. The Balaban J connectivity index is 1.16. The van der Waals surface area contributed by atoms with E-state index < -0.39 is 0 Å². The van der Waals surface area contributed by atoms with Crippen molar-refractivity contribution in [2.24, 2.45) is 5.10 Å². The van der Waals surface area contributed by atoms with Crippen molar-refractivity contribution in [3.05, 3.63) is 156 Å². The van der Waals surface area contributed by atoms with Gasteiger partial charge in [0.25, 0.3) is 5.91 Å². The van der Waals surface area contributed by atoms with Gasteiger partial charge in [-0.15, -0.1) is 0 Å². The molecule has 5 rings (SSSR count). The number of hydrogen-bond donors (Lipinski definition) is 1. The smallest absolute Gasteiger partial charge is 0.271 e. The van der Waals surface area contributed by atoms with Gasteiger partial charge < -0.3 is 9.64 Å². The van der Waals surface area contributed by atoms with E-state index in [4.69, 9.17) is 4.74 Å². The molecule has 0 unspecified atom stereocenters. The molecule has 5 nitrogen and oxygen atoms in total. The number of hydrogen-bond acceptors (Lipinski definition) is 4. The fraction of sp³-hybridized carbons (Fsp3) is 0.135. The van der Waals surface area contributed by atoms with Crippen molar-refractivity contribution in [3.63, 3.8) is 0 Å². The Bertz CT molecular complexity index is 1570. The predicted molar refractivity (Wildman–Crippen MR) is 172 cm³/mol. The monoisotopic (exact) mass is 553 g/mol. The van der Waals surface area contributed by atoms with Crippen LogP contribution in [0.1, 0.15) is 47.8 Å². The Morgan fingerprint density at radius 1 is 0.714 bits per heavy atom. The van der Waals surface area contributed by atoms with E-state index in [1.165, 1.54) is 5.56 Å². The molecule has 0 heterocycles. The lowest BCUT2D eigenvalue weighted by molar-refractivity contribution is 0.0955. The van der Waals surface area contributed by atoms with Crippen molar-refractivity contribution < 1.29 is 9.53 Å². The molecule has 210 valence electrons. The molecule has 0 aromatic heterocycles. The second kappa shape index (κ2) is 13.0. The van der Waals surface area contributed by atoms with Crippen LogP contribution in [0.4, 0.5) is 17.1 Å². The van der Waals surface area contributed by atoms with E-state index in [1.54, 1.807) is 18.3 Å². The molecule has 5 heteroatoms. The van der Waals surface area contributed by atoms with Gasteiger partial charge in [-0.25, -0.2) is 5.43 Å². The van der Waals surface area contributed by atoms with Crippen LogP contribution in [0.3, 0.4) is 0 Å². The summed E-state index contributed by atoms with van der Waals surface area (Å²) in [6.45, 7) is 7.00. The SMILES string of the molecule is CC(C)(C)c1ccc(OCc2ccc(C(=O)N/N=C\c3ccc(N(c4ccccc4)c4ccccc4)cc3)cc2)cc1. The lowest BCUT2D eigenvalue weighted by Gasteiger charge is -2.25. The van der Waals surface area contributed by atoms with Crippen LogP contribution in [0, 0.1) is 0 Å². The number of rotatable bonds is 9. The van der Waals surface area contributed by atoms with Crippen LogP contribution in [-0.4, -0.2) is 12.1 Å². The van der Waals surface area contributed by atoms with Crippen molar-refractivity contribution in [2.45, 2.75) is 32.8 Å². The number of amides is 1. The first-order valence-corrected chi connectivity index (χ1v) is 14.0. The van der Waals surface area contributed by atoms with Gasteiger partial charge in [-0.1, -0.05) is 93.6 Å². The Morgan fingerprint density at radius 2 is 1.26 bits per heavy atom. The molecule has 5 aromatic rings. The number of carbonyl (C=O) groups is 1. The average molecular weight is 554 g/mol. The van der Waals surface area contributed by atoms with Gasteiger partial charge in [-0.2, -0.15) is 5.10 Å². The predicted octanol–water partition coefficient (Wildman–Crippen LogP) is 8.80. The first-order chi connectivity index (χ1) is 20.4. The van der Waals surface area contributed by atoms with E-state index in [9.17, 15) is 4.79 Å². The maximum atomic E-state index is 12.6. The zero-order valence-electron chi connectivity index (χ0n) is 24.2. The molecule has 1 N–H and O–H groups in total. The second-order valence-corrected chi connectivity index (χ2v) is 11.1. The van der Waals surface area contributed by atoms with Gasteiger partial charge in [-0.3, -0.25) is 4.79 Å². The third-order valence-corrected chi connectivity index (χ3v) is 6.90. The van der Waals surface area contributed by atoms with Gasteiger partial charge in [0, 0.05) is 22.6 Å². The van der Waals surface area contributed by atoms with Crippen LogP contribution in [0.25, 0.3) is 0 Å². The van der Waals surface area contributed by atoms with Gasteiger partial charge in [0.1, 0.15) is 12.4 Å². The van der Waals surface area contributed by atoms with Gasteiger partial charge in [0.2, 0.25) is 0 Å². The zero-order chi connectivity index (χ0) is 29.4. The summed E-state index contributed by atoms with van der Waals surface area (Å²) in [5, 5.41) is 4.17. The molecule has 1 amide bonds. The minimum atomic E-state index is -0.271. The first-order valence-electron chi connectivity index (χ1n) is 14.0. The molecule has 0 aliphatic carbocycles. The lowest BCUT2D eigenvalue weighted by Crippen LogP contribution is -2.17. The number of ether oxygens (including phenoxy) is 1. The van der Waals surface area contributed by atoms with Crippen molar-refractivity contribution in [1.29, 1.82) is 0 Å². The molecule has 5 aromatic carbocycles. The largest absolute Gasteiger partial charge is 0.489 e. The van der Waals surface area contributed by atoms with Gasteiger partial charge in [0.05, 0.1) is 6.21 Å². The van der Waals surface area contributed by atoms with Crippen LogP contribution < -0.4 is 15.1 Å². The summed E-state index contributed by atoms with van der Waals surface area (Å²) in [6, 6.07) is 44.1. The van der Waals surface area contributed by atoms with Crippen molar-refractivity contribution in [3.8, 4) is 5.75 Å². The highest BCUT2D eigenvalue weighted by molar-refractivity contribution is 5.95. The van der Waals surface area contributed by atoms with Gasteiger partial charge >= 0.3 is 0 Å². The topological polar surface area (TPSA) is 53.9 Å². The number of hydrazone groups is 1. The summed E-state index contributed by atoms with van der Waals surface area (Å²) in [7, 11) is 0. The Kier molecular flexibility index (Phi) is 8.78. The number of nitrogens with one attached hydrogen (secondary N) is 1. The highest BCUT2D eigenvalue weighted by Gasteiger charge is 2.13. The maximum Gasteiger partial charge on any atom is 0.271 e. The highest BCUT2D eigenvalue weighted by atomic mass is 16.5. The molecule has 0 spiro atoms. The lowest BCUT2D eigenvalue weighted by atomic mass is 9.87.